The number of nitrogens with zero attached hydrogens (tertiary/aromatic N) is 4. The molecule has 7 aromatic carbocycles. The molecule has 2 aliphatic rings. The van der Waals surface area contributed by atoms with Crippen LogP contribution in [0.1, 0.15) is 72.5 Å². The van der Waals surface area contributed by atoms with E-state index in [4.69, 9.17) is 0 Å². The molecule has 0 bridgehead atoms. The fraction of sp³-hybridized carbons (Fsp3) is 0.184. The zero-order valence-corrected chi connectivity index (χ0v) is 40.3. The first-order valence-corrected chi connectivity index (χ1v) is 26.1. The Balaban J connectivity index is 1.02. The van der Waals surface area contributed by atoms with Crippen LogP contribution in [0.2, 0.25) is 0 Å². The minimum Gasteiger partial charge on any atom is -0.505 e. The Morgan fingerprint density at radius 1 is 0.493 bits per heavy atom. The lowest BCUT2D eigenvalue weighted by Gasteiger charge is -2.15. The molecule has 0 heterocycles. The van der Waals surface area contributed by atoms with Crippen LogP contribution in [0.25, 0.3) is 21.5 Å². The second-order valence-electron chi connectivity index (χ2n) is 17.5. The second-order valence-corrected chi connectivity index (χ2v) is 21.7. The van der Waals surface area contributed by atoms with Gasteiger partial charge < -0.3 is 20.8 Å². The van der Waals surface area contributed by atoms with Crippen LogP contribution in [0, 0.1) is 20.8 Å². The lowest BCUT2D eigenvalue weighted by atomic mass is 10.0. The van der Waals surface area contributed by atoms with Crippen molar-refractivity contribution in [2.24, 2.45) is 20.5 Å². The van der Waals surface area contributed by atoms with Crippen molar-refractivity contribution in [3.63, 3.8) is 0 Å². The minimum absolute atomic E-state index is 0.0134. The quantitative estimate of drug-likeness (QED) is 0.0469. The van der Waals surface area contributed by atoms with Crippen LogP contribution < -0.4 is 10.6 Å². The molecule has 0 radical (unpaired) electrons. The number of fused-ring (bicyclic) bond motifs is 4. The number of phenols is 2. The molecular weight excluding hydrogens is 977 g/mol. The molecule has 19 nitrogen and oxygen atoms in total. The average molecular weight is 1020 g/mol. The fourth-order valence-electron chi connectivity index (χ4n) is 9.11. The molecular formula is C49H42N6O13S3. The molecule has 0 saturated heterocycles. The number of nitrogens with one attached hydrogen (secondary N) is 2. The van der Waals surface area contributed by atoms with Crippen molar-refractivity contribution in [3.05, 3.63) is 135 Å². The van der Waals surface area contributed by atoms with Gasteiger partial charge in [-0.25, -0.2) is 0 Å². The molecule has 0 saturated carbocycles. The van der Waals surface area contributed by atoms with E-state index in [-0.39, 0.29) is 61.0 Å². The summed E-state index contributed by atoms with van der Waals surface area (Å²) < 4.78 is 105. The van der Waals surface area contributed by atoms with Crippen molar-refractivity contribution < 1.29 is 58.7 Å². The molecule has 2 aliphatic carbocycles. The van der Waals surface area contributed by atoms with Crippen molar-refractivity contribution in [2.75, 3.05) is 10.6 Å². The number of aromatic hydroxyl groups is 2. The third-order valence-corrected chi connectivity index (χ3v) is 15.1. The van der Waals surface area contributed by atoms with E-state index in [1.807, 2.05) is 19.1 Å². The van der Waals surface area contributed by atoms with E-state index in [0.717, 1.165) is 66.1 Å². The highest BCUT2D eigenvalue weighted by atomic mass is 32.2. The number of hydrogen-bond acceptors (Lipinski definition) is 14. The summed E-state index contributed by atoms with van der Waals surface area (Å²) in [4.78, 5) is 25.8. The lowest BCUT2D eigenvalue weighted by Crippen LogP contribution is -2.15. The monoisotopic (exact) mass is 1020 g/mol. The molecule has 0 aliphatic heterocycles. The number of benzene rings is 7. The van der Waals surface area contributed by atoms with Gasteiger partial charge in [-0.3, -0.25) is 23.2 Å². The Labute approximate surface area is 406 Å². The van der Waals surface area contributed by atoms with Gasteiger partial charge in [0.1, 0.15) is 26.9 Å². The predicted molar refractivity (Wildman–Crippen MR) is 263 cm³/mol. The largest absolute Gasteiger partial charge is 0.505 e. The van der Waals surface area contributed by atoms with E-state index < -0.39 is 74.0 Å². The number of anilines is 2. The van der Waals surface area contributed by atoms with Crippen molar-refractivity contribution in [1.29, 1.82) is 0 Å². The molecule has 0 spiro atoms. The molecule has 7 aromatic rings. The normalized spacial score (nSPS) is 13.9. The van der Waals surface area contributed by atoms with Crippen LogP contribution in [0.15, 0.2) is 120 Å². The molecule has 0 aromatic heterocycles. The maximum absolute atomic E-state index is 13.8. The van der Waals surface area contributed by atoms with E-state index in [0.29, 0.717) is 24.1 Å². The van der Waals surface area contributed by atoms with Gasteiger partial charge in [0, 0.05) is 21.9 Å². The molecule has 364 valence electrons. The molecule has 0 unspecified atom stereocenters. The predicted octanol–water partition coefficient (Wildman–Crippen LogP) is 10.4. The molecule has 0 atom stereocenters. The van der Waals surface area contributed by atoms with Crippen molar-refractivity contribution in [2.45, 2.75) is 74.0 Å². The third kappa shape index (κ3) is 9.59. The number of hydrogen-bond donors (Lipinski definition) is 7. The van der Waals surface area contributed by atoms with Crippen LogP contribution in [-0.4, -0.2) is 60.9 Å². The highest BCUT2D eigenvalue weighted by molar-refractivity contribution is 7.86. The molecule has 71 heavy (non-hydrogen) atoms. The molecule has 9 rings (SSSR count). The summed E-state index contributed by atoms with van der Waals surface area (Å²) in [6.07, 6.45) is 4.75. The number of azo groups is 2. The summed E-state index contributed by atoms with van der Waals surface area (Å²) in [5.41, 5.74) is 4.56. The first kappa shape index (κ1) is 48.5. The molecule has 2 amide bonds. The zero-order chi connectivity index (χ0) is 50.9. The molecule has 7 N–H and O–H groups in total. The Hall–Kier alpha value is -7.47. The topological polar surface area (TPSA) is 311 Å². The lowest BCUT2D eigenvalue weighted by molar-refractivity contribution is 0.101. The zero-order valence-electron chi connectivity index (χ0n) is 37.8. The summed E-state index contributed by atoms with van der Waals surface area (Å²) >= 11 is 0. The van der Waals surface area contributed by atoms with E-state index in [1.165, 1.54) is 67.1 Å². The van der Waals surface area contributed by atoms with Crippen LogP contribution in [0.3, 0.4) is 0 Å². The van der Waals surface area contributed by atoms with E-state index in [9.17, 15) is 58.7 Å². The van der Waals surface area contributed by atoms with Crippen LogP contribution in [-0.2, 0) is 56.0 Å². The number of phenolic OH excluding ortho intramolecular Hbond substituents is 2. The van der Waals surface area contributed by atoms with Gasteiger partial charge in [0.05, 0.1) is 22.0 Å². The van der Waals surface area contributed by atoms with Crippen molar-refractivity contribution >= 4 is 97.8 Å². The summed E-state index contributed by atoms with van der Waals surface area (Å²) in [6.45, 7) is 4.98. The van der Waals surface area contributed by atoms with Gasteiger partial charge in [-0.15, -0.1) is 15.3 Å². The number of carbonyl (C=O) groups is 2. The van der Waals surface area contributed by atoms with Gasteiger partial charge >= 0.3 is 0 Å². The maximum atomic E-state index is 13.8. The number of carbonyl (C=O) groups excluding carboxylic acids is 2. The standard InChI is InChI=1S/C49H42N6O13S3/c1-24-14-33-22-41(71(66,67)68)45(55-52-36-19-30-7-4-6-29(30)16-25(36)2)47(57)42(33)38(15-24)50-48(58)27-10-12-28(13-11-27)49(59)51-39-23-35(69(60,61)62)18-34-17-26(3)44(46(56)43(34)39)54-53-37-20-31-8-5-9-32(31)21-40(37)70(63,64)65/h10-23,56-57H,4-9H2,1-3H3,(H,50,58)(H,51,59)(H,60,61,62)(H,63,64,65)(H,66,67,68). The number of rotatable bonds is 11. The second kappa shape index (κ2) is 18.0. The average Bonchev–Trinajstić information content (AvgIpc) is 3.95. The van der Waals surface area contributed by atoms with Crippen LogP contribution in [0.5, 0.6) is 11.5 Å². The number of aryl methyl sites for hydroxylation is 7. The van der Waals surface area contributed by atoms with Gasteiger partial charge in [0.25, 0.3) is 42.2 Å². The van der Waals surface area contributed by atoms with Crippen molar-refractivity contribution in [1.82, 2.24) is 0 Å². The van der Waals surface area contributed by atoms with Gasteiger partial charge in [0.2, 0.25) is 0 Å². The highest BCUT2D eigenvalue weighted by Gasteiger charge is 2.27. The van der Waals surface area contributed by atoms with Crippen LogP contribution >= 0.6 is 0 Å². The Kier molecular flexibility index (Phi) is 12.3. The first-order chi connectivity index (χ1) is 33.4. The number of amides is 2. The Morgan fingerprint density at radius 3 is 1.54 bits per heavy atom. The molecule has 0 fully saturated rings. The van der Waals surface area contributed by atoms with Crippen molar-refractivity contribution in [3.8, 4) is 11.5 Å². The molecule has 22 heteroatoms. The van der Waals surface area contributed by atoms with E-state index in [1.54, 1.807) is 6.92 Å². The SMILES string of the molecule is Cc1cc(NC(=O)c2ccc(C(=O)Nc3cc(S(=O)(=O)O)cc4cc(C)c(N=Nc5cc6c(cc5S(=O)(=O)O)CCC6)c(O)c34)cc2)c2c(O)c(N=Nc3cc4c(cc3C)CCC4)c(S(=O)(=O)O)cc2c1. The highest BCUT2D eigenvalue weighted by Crippen LogP contribution is 2.47. The van der Waals surface area contributed by atoms with Gasteiger partial charge in [-0.1, -0.05) is 12.1 Å². The Morgan fingerprint density at radius 2 is 0.972 bits per heavy atom. The first-order valence-electron chi connectivity index (χ1n) is 21.8. The third-order valence-electron chi connectivity index (χ3n) is 12.5. The summed E-state index contributed by atoms with van der Waals surface area (Å²) in [5, 5.41) is 45.2. The summed E-state index contributed by atoms with van der Waals surface area (Å²) in [5.74, 6) is -2.87. The Bertz CT molecular complexity index is 3900. The van der Waals surface area contributed by atoms with Gasteiger partial charge in [-0.05, 0) is 182 Å². The van der Waals surface area contributed by atoms with E-state index >= 15 is 0 Å². The smallest absolute Gasteiger partial charge is 0.296 e. The maximum Gasteiger partial charge on any atom is 0.296 e. The minimum atomic E-state index is -4.96. The summed E-state index contributed by atoms with van der Waals surface area (Å²) in [7, 11) is -14.6. The van der Waals surface area contributed by atoms with E-state index in [2.05, 4.69) is 31.1 Å². The fourth-order valence-corrected chi connectivity index (χ4v) is 11.0. The van der Waals surface area contributed by atoms with Crippen LogP contribution in [0.4, 0.5) is 34.1 Å². The van der Waals surface area contributed by atoms with Gasteiger partial charge in [0.15, 0.2) is 11.5 Å². The van der Waals surface area contributed by atoms with Gasteiger partial charge in [-0.2, -0.15) is 30.4 Å². The summed E-state index contributed by atoms with van der Waals surface area (Å²) in [6, 6.07) is 19.3.